The molecular weight excluding hydrogens is 446 g/mol. The smallest absolute Gasteiger partial charge is 0.273 e. The molecule has 0 saturated carbocycles. The molecule has 3 aromatic rings. The molecular formula is C26H27N5O4. The third-order valence-electron chi connectivity index (χ3n) is 5.88. The van der Waals surface area contributed by atoms with Gasteiger partial charge in [0.25, 0.3) is 17.7 Å². The molecule has 1 aromatic heterocycles. The lowest BCUT2D eigenvalue weighted by Gasteiger charge is -2.32. The van der Waals surface area contributed by atoms with E-state index in [9.17, 15) is 14.4 Å². The summed E-state index contributed by atoms with van der Waals surface area (Å²) < 4.78 is 5.24. The summed E-state index contributed by atoms with van der Waals surface area (Å²) in [5.74, 6) is -0.426. The van der Waals surface area contributed by atoms with E-state index in [2.05, 4.69) is 20.6 Å². The molecule has 2 heterocycles. The number of aryl methyl sites for hydroxylation is 1. The van der Waals surface area contributed by atoms with E-state index >= 15 is 0 Å². The predicted molar refractivity (Wildman–Crippen MR) is 131 cm³/mol. The molecule has 2 aromatic carbocycles. The van der Waals surface area contributed by atoms with Crippen LogP contribution in [0.5, 0.6) is 5.75 Å². The van der Waals surface area contributed by atoms with Gasteiger partial charge in [0, 0.05) is 37.1 Å². The fourth-order valence-electron chi connectivity index (χ4n) is 4.04. The molecule has 35 heavy (non-hydrogen) atoms. The van der Waals surface area contributed by atoms with Gasteiger partial charge in [-0.3, -0.25) is 14.4 Å². The molecule has 1 aliphatic rings. The van der Waals surface area contributed by atoms with Crippen molar-refractivity contribution in [2.45, 2.75) is 25.8 Å². The Bertz CT molecular complexity index is 1240. The highest BCUT2D eigenvalue weighted by atomic mass is 16.5. The standard InChI is InChI=1S/C26H27N5O4/c1-17-6-5-7-18(16-17)26(34)31-14-10-19(11-15-31)29-25(33)22-23(28-13-12-27-22)30-24(32)20-8-3-4-9-21(20)35-2/h3-9,12-13,16,19H,10-11,14-15H2,1-2H3,(H,29,33)(H,28,30,32). The van der Waals surface area contributed by atoms with E-state index in [0.717, 1.165) is 5.56 Å². The van der Waals surface area contributed by atoms with Gasteiger partial charge in [-0.2, -0.15) is 0 Å². The molecule has 0 radical (unpaired) electrons. The molecule has 180 valence electrons. The molecule has 1 saturated heterocycles. The van der Waals surface area contributed by atoms with Crippen LogP contribution >= 0.6 is 0 Å². The highest BCUT2D eigenvalue weighted by molar-refractivity contribution is 6.08. The first-order valence-electron chi connectivity index (χ1n) is 11.4. The number of para-hydroxylation sites is 1. The summed E-state index contributed by atoms with van der Waals surface area (Å²) in [5, 5.41) is 5.62. The largest absolute Gasteiger partial charge is 0.496 e. The summed E-state index contributed by atoms with van der Waals surface area (Å²) in [6.45, 7) is 3.03. The van der Waals surface area contributed by atoms with Crippen molar-refractivity contribution in [3.8, 4) is 5.75 Å². The van der Waals surface area contributed by atoms with Crippen molar-refractivity contribution in [2.75, 3.05) is 25.5 Å². The number of anilines is 1. The van der Waals surface area contributed by atoms with Crippen LogP contribution in [0.1, 0.15) is 49.6 Å². The molecule has 9 heteroatoms. The summed E-state index contributed by atoms with van der Waals surface area (Å²) in [7, 11) is 1.48. The fourth-order valence-corrected chi connectivity index (χ4v) is 4.04. The van der Waals surface area contributed by atoms with Gasteiger partial charge < -0.3 is 20.3 Å². The summed E-state index contributed by atoms with van der Waals surface area (Å²) in [4.78, 5) is 48.6. The number of ether oxygens (including phenoxy) is 1. The molecule has 9 nitrogen and oxygen atoms in total. The lowest BCUT2D eigenvalue weighted by molar-refractivity contribution is 0.0697. The molecule has 4 rings (SSSR count). The number of methoxy groups -OCH3 is 1. The summed E-state index contributed by atoms with van der Waals surface area (Å²) in [6.07, 6.45) is 4.04. The monoisotopic (exact) mass is 473 g/mol. The average molecular weight is 474 g/mol. The Labute approximate surface area is 203 Å². The number of hydrogen-bond acceptors (Lipinski definition) is 6. The van der Waals surface area contributed by atoms with Crippen LogP contribution in [-0.4, -0.2) is 58.8 Å². The van der Waals surface area contributed by atoms with Crippen LogP contribution in [0.2, 0.25) is 0 Å². The van der Waals surface area contributed by atoms with E-state index in [1.807, 2.05) is 31.2 Å². The van der Waals surface area contributed by atoms with Crippen LogP contribution in [0, 0.1) is 6.92 Å². The van der Waals surface area contributed by atoms with E-state index < -0.39 is 11.8 Å². The maximum absolute atomic E-state index is 13.0. The Morgan fingerprint density at radius 2 is 1.71 bits per heavy atom. The van der Waals surface area contributed by atoms with Crippen LogP contribution in [0.25, 0.3) is 0 Å². The van der Waals surface area contributed by atoms with Gasteiger partial charge in [0.2, 0.25) is 0 Å². The van der Waals surface area contributed by atoms with Crippen molar-refractivity contribution >= 4 is 23.5 Å². The van der Waals surface area contributed by atoms with Crippen molar-refractivity contribution in [3.05, 3.63) is 83.3 Å². The van der Waals surface area contributed by atoms with Gasteiger partial charge in [-0.15, -0.1) is 0 Å². The molecule has 2 N–H and O–H groups in total. The lowest BCUT2D eigenvalue weighted by atomic mass is 10.0. The Kier molecular flexibility index (Phi) is 7.35. The zero-order chi connectivity index (χ0) is 24.8. The Hall–Kier alpha value is -4.27. The molecule has 1 fully saturated rings. The molecule has 0 atom stereocenters. The van der Waals surface area contributed by atoms with E-state index in [1.54, 1.807) is 29.2 Å². The van der Waals surface area contributed by atoms with E-state index in [-0.39, 0.29) is 23.5 Å². The van der Waals surface area contributed by atoms with Crippen molar-refractivity contribution < 1.29 is 19.1 Å². The van der Waals surface area contributed by atoms with Crippen molar-refractivity contribution in [3.63, 3.8) is 0 Å². The number of nitrogens with zero attached hydrogens (tertiary/aromatic N) is 3. The number of carbonyl (C=O) groups is 3. The van der Waals surface area contributed by atoms with E-state index in [0.29, 0.717) is 42.8 Å². The van der Waals surface area contributed by atoms with Crippen molar-refractivity contribution in [2.24, 2.45) is 0 Å². The maximum Gasteiger partial charge on any atom is 0.273 e. The highest BCUT2D eigenvalue weighted by Gasteiger charge is 2.26. The first-order chi connectivity index (χ1) is 17.0. The SMILES string of the molecule is COc1ccccc1C(=O)Nc1nccnc1C(=O)NC1CCN(C(=O)c2cccc(C)c2)CC1. The predicted octanol–water partition coefficient (Wildman–Crippen LogP) is 3.08. The number of rotatable bonds is 6. The molecule has 0 aliphatic carbocycles. The minimum Gasteiger partial charge on any atom is -0.496 e. The van der Waals surface area contributed by atoms with E-state index in [1.165, 1.54) is 19.5 Å². The number of hydrogen-bond donors (Lipinski definition) is 2. The topological polar surface area (TPSA) is 114 Å². The molecule has 1 aliphatic heterocycles. The van der Waals surface area contributed by atoms with Crippen LogP contribution < -0.4 is 15.4 Å². The first kappa shape index (κ1) is 23.9. The highest BCUT2D eigenvalue weighted by Crippen LogP contribution is 2.20. The van der Waals surface area contributed by atoms with Gasteiger partial charge in [0.15, 0.2) is 11.5 Å². The van der Waals surface area contributed by atoms with Gasteiger partial charge in [0.1, 0.15) is 5.75 Å². The summed E-state index contributed by atoms with van der Waals surface area (Å²) in [5.41, 5.74) is 2.05. The normalized spacial score (nSPS) is 13.7. The number of amides is 3. The summed E-state index contributed by atoms with van der Waals surface area (Å²) >= 11 is 0. The van der Waals surface area contributed by atoms with Crippen LogP contribution in [-0.2, 0) is 0 Å². The minimum absolute atomic E-state index is 0.00580. The number of carbonyl (C=O) groups excluding carboxylic acids is 3. The van der Waals surface area contributed by atoms with Gasteiger partial charge in [-0.05, 0) is 44.0 Å². The van der Waals surface area contributed by atoms with Gasteiger partial charge >= 0.3 is 0 Å². The third kappa shape index (κ3) is 5.63. The summed E-state index contributed by atoms with van der Waals surface area (Å²) in [6, 6.07) is 14.2. The Balaban J connectivity index is 1.38. The average Bonchev–Trinajstić information content (AvgIpc) is 2.89. The molecule has 3 amide bonds. The second kappa shape index (κ2) is 10.8. The van der Waals surface area contributed by atoms with Crippen molar-refractivity contribution in [1.82, 2.24) is 20.2 Å². The fraction of sp³-hybridized carbons (Fsp3) is 0.269. The first-order valence-corrected chi connectivity index (χ1v) is 11.4. The quantitative estimate of drug-likeness (QED) is 0.569. The zero-order valence-electron chi connectivity index (χ0n) is 19.7. The number of aromatic nitrogens is 2. The number of benzene rings is 2. The van der Waals surface area contributed by atoms with E-state index in [4.69, 9.17) is 4.74 Å². The minimum atomic E-state index is -0.458. The van der Waals surface area contributed by atoms with Gasteiger partial charge in [-0.1, -0.05) is 29.8 Å². The van der Waals surface area contributed by atoms with Crippen LogP contribution in [0.15, 0.2) is 60.9 Å². The Morgan fingerprint density at radius 1 is 0.971 bits per heavy atom. The third-order valence-corrected chi connectivity index (χ3v) is 5.88. The second-order valence-corrected chi connectivity index (χ2v) is 8.32. The number of piperidine rings is 1. The molecule has 0 bridgehead atoms. The zero-order valence-corrected chi connectivity index (χ0v) is 19.7. The Morgan fingerprint density at radius 3 is 2.46 bits per heavy atom. The number of nitrogens with one attached hydrogen (secondary N) is 2. The van der Waals surface area contributed by atoms with Crippen molar-refractivity contribution in [1.29, 1.82) is 0 Å². The van der Waals surface area contributed by atoms with Gasteiger partial charge in [0.05, 0.1) is 12.7 Å². The van der Waals surface area contributed by atoms with Crippen LogP contribution in [0.4, 0.5) is 5.82 Å². The lowest BCUT2D eigenvalue weighted by Crippen LogP contribution is -2.46. The molecule has 0 spiro atoms. The number of likely N-dealkylation sites (tertiary alicyclic amines) is 1. The maximum atomic E-state index is 13.0. The molecule has 0 unspecified atom stereocenters. The second-order valence-electron chi connectivity index (χ2n) is 8.32. The van der Waals surface area contributed by atoms with Gasteiger partial charge in [-0.25, -0.2) is 9.97 Å². The van der Waals surface area contributed by atoms with Crippen LogP contribution in [0.3, 0.4) is 0 Å².